The molecular formula is C18H13Cl2N5O3. The number of carbonyl (C=O) groups is 1. The van der Waals surface area contributed by atoms with Crippen molar-refractivity contribution in [1.82, 2.24) is 15.2 Å². The number of nitrogens with zero attached hydrogens (tertiary/aromatic N) is 4. The summed E-state index contributed by atoms with van der Waals surface area (Å²) >= 11 is 11.9. The van der Waals surface area contributed by atoms with Gasteiger partial charge in [-0.05, 0) is 23.8 Å². The number of aromatic nitrogens is 2. The van der Waals surface area contributed by atoms with Gasteiger partial charge in [0.25, 0.3) is 11.6 Å². The van der Waals surface area contributed by atoms with E-state index in [2.05, 4.69) is 15.6 Å². The molecule has 0 fully saturated rings. The molecule has 0 bridgehead atoms. The van der Waals surface area contributed by atoms with E-state index < -0.39 is 10.8 Å². The second-order valence-electron chi connectivity index (χ2n) is 5.69. The third-order valence-electron chi connectivity index (χ3n) is 3.70. The number of rotatable bonds is 6. The highest BCUT2D eigenvalue weighted by Crippen LogP contribution is 2.19. The molecule has 0 aliphatic carbocycles. The van der Waals surface area contributed by atoms with Crippen LogP contribution < -0.4 is 5.43 Å². The van der Waals surface area contributed by atoms with Gasteiger partial charge < -0.3 is 0 Å². The van der Waals surface area contributed by atoms with Gasteiger partial charge in [0.2, 0.25) is 0 Å². The molecule has 1 heterocycles. The summed E-state index contributed by atoms with van der Waals surface area (Å²) in [6, 6.07) is 12.6. The van der Waals surface area contributed by atoms with Crippen molar-refractivity contribution in [1.29, 1.82) is 0 Å². The summed E-state index contributed by atoms with van der Waals surface area (Å²) in [5, 5.41) is 19.6. The van der Waals surface area contributed by atoms with Gasteiger partial charge in [0.1, 0.15) is 0 Å². The fourth-order valence-corrected chi connectivity index (χ4v) is 2.76. The third kappa shape index (κ3) is 4.93. The van der Waals surface area contributed by atoms with Gasteiger partial charge in [-0.1, -0.05) is 41.4 Å². The van der Waals surface area contributed by atoms with Crippen molar-refractivity contribution in [2.24, 2.45) is 5.10 Å². The number of halogens is 2. The third-order valence-corrected chi connectivity index (χ3v) is 4.26. The first-order valence-corrected chi connectivity index (χ1v) is 8.73. The zero-order chi connectivity index (χ0) is 20.1. The van der Waals surface area contributed by atoms with E-state index in [1.54, 1.807) is 47.3 Å². The molecule has 8 nitrogen and oxygen atoms in total. The van der Waals surface area contributed by atoms with Gasteiger partial charge in [0.15, 0.2) is 5.69 Å². The van der Waals surface area contributed by atoms with Gasteiger partial charge in [0, 0.05) is 28.9 Å². The van der Waals surface area contributed by atoms with Crippen molar-refractivity contribution in [3.63, 3.8) is 0 Å². The minimum absolute atomic E-state index is 0.0166. The maximum absolute atomic E-state index is 12.1. The number of nitrogens with one attached hydrogen (secondary N) is 1. The molecule has 2 aromatic carbocycles. The molecule has 1 N–H and O–H groups in total. The minimum atomic E-state index is -0.483. The van der Waals surface area contributed by atoms with Gasteiger partial charge >= 0.3 is 0 Å². The Balaban J connectivity index is 1.60. The molecule has 1 aromatic heterocycles. The quantitative estimate of drug-likeness (QED) is 0.373. The van der Waals surface area contributed by atoms with Crippen LogP contribution in [0.3, 0.4) is 0 Å². The Kier molecular flexibility index (Phi) is 6.03. The Morgan fingerprint density at radius 1 is 1.21 bits per heavy atom. The van der Waals surface area contributed by atoms with Crippen LogP contribution in [0.1, 0.15) is 21.6 Å². The normalized spacial score (nSPS) is 10.9. The van der Waals surface area contributed by atoms with Crippen molar-refractivity contribution in [2.45, 2.75) is 6.54 Å². The number of amides is 1. The highest BCUT2D eigenvalue weighted by Gasteiger charge is 2.10. The van der Waals surface area contributed by atoms with Crippen LogP contribution in [-0.2, 0) is 6.54 Å². The van der Waals surface area contributed by atoms with Gasteiger partial charge in [0.05, 0.1) is 22.7 Å². The lowest BCUT2D eigenvalue weighted by molar-refractivity contribution is -0.384. The summed E-state index contributed by atoms with van der Waals surface area (Å²) < 4.78 is 1.55. The fraction of sp³-hybridized carbons (Fsp3) is 0.0556. The molecule has 0 saturated heterocycles. The first kappa shape index (κ1) is 19.5. The Hall–Kier alpha value is -3.23. The Labute approximate surface area is 169 Å². The predicted molar refractivity (Wildman–Crippen MR) is 106 cm³/mol. The molecule has 0 aliphatic rings. The van der Waals surface area contributed by atoms with Gasteiger partial charge in [-0.3, -0.25) is 19.6 Å². The molecule has 0 spiro atoms. The SMILES string of the molecule is O=C(N/N=C\c1ccc(Cl)cc1Cl)c1ccn(Cc2ccc([N+](=O)[O-])cc2)n1. The van der Waals surface area contributed by atoms with Gasteiger partial charge in [-0.2, -0.15) is 10.2 Å². The molecule has 1 amide bonds. The second kappa shape index (κ2) is 8.64. The smallest absolute Gasteiger partial charge is 0.268 e. The number of benzene rings is 2. The van der Waals surface area contributed by atoms with E-state index >= 15 is 0 Å². The summed E-state index contributed by atoms with van der Waals surface area (Å²) in [5.41, 5.74) is 4.00. The van der Waals surface area contributed by atoms with Crippen LogP contribution in [0.2, 0.25) is 10.0 Å². The molecule has 0 saturated carbocycles. The minimum Gasteiger partial charge on any atom is -0.268 e. The highest BCUT2D eigenvalue weighted by molar-refractivity contribution is 6.36. The van der Waals surface area contributed by atoms with Crippen molar-refractivity contribution in [3.8, 4) is 0 Å². The van der Waals surface area contributed by atoms with Gasteiger partial charge in [-0.15, -0.1) is 0 Å². The van der Waals surface area contributed by atoms with Crippen molar-refractivity contribution >= 4 is 41.0 Å². The molecule has 0 unspecified atom stereocenters. The number of hydrogen-bond donors (Lipinski definition) is 1. The lowest BCUT2D eigenvalue weighted by Gasteiger charge is -2.02. The lowest BCUT2D eigenvalue weighted by Crippen LogP contribution is -2.18. The summed E-state index contributed by atoms with van der Waals surface area (Å²) in [4.78, 5) is 22.3. The number of nitro benzene ring substituents is 1. The summed E-state index contributed by atoms with van der Waals surface area (Å²) in [6.07, 6.45) is 3.04. The molecule has 142 valence electrons. The van der Waals surface area contributed by atoms with Crippen LogP contribution in [0.4, 0.5) is 5.69 Å². The number of hydrogen-bond acceptors (Lipinski definition) is 5. The van der Waals surface area contributed by atoms with Gasteiger partial charge in [-0.25, -0.2) is 5.43 Å². The zero-order valence-electron chi connectivity index (χ0n) is 14.3. The number of nitro groups is 1. The van der Waals surface area contributed by atoms with Crippen LogP contribution in [0.5, 0.6) is 0 Å². The van der Waals surface area contributed by atoms with E-state index in [4.69, 9.17) is 23.2 Å². The molecular weight excluding hydrogens is 405 g/mol. The van der Waals surface area contributed by atoms with Crippen LogP contribution in [-0.4, -0.2) is 26.8 Å². The first-order valence-electron chi connectivity index (χ1n) is 7.97. The molecule has 10 heteroatoms. The van der Waals surface area contributed by atoms with Crippen LogP contribution >= 0.6 is 23.2 Å². The molecule has 28 heavy (non-hydrogen) atoms. The molecule has 0 atom stereocenters. The van der Waals surface area contributed by atoms with Crippen molar-refractivity contribution < 1.29 is 9.72 Å². The van der Waals surface area contributed by atoms with E-state index in [9.17, 15) is 14.9 Å². The topological polar surface area (TPSA) is 102 Å². The Bertz CT molecular complexity index is 1050. The summed E-state index contributed by atoms with van der Waals surface area (Å²) in [6.45, 7) is 0.370. The Morgan fingerprint density at radius 3 is 2.64 bits per heavy atom. The molecule has 0 aliphatic heterocycles. The number of carbonyl (C=O) groups excluding carboxylic acids is 1. The predicted octanol–water partition coefficient (Wildman–Crippen LogP) is 3.91. The summed E-state index contributed by atoms with van der Waals surface area (Å²) in [5.74, 6) is -0.483. The zero-order valence-corrected chi connectivity index (χ0v) is 15.8. The highest BCUT2D eigenvalue weighted by atomic mass is 35.5. The lowest BCUT2D eigenvalue weighted by atomic mass is 10.2. The monoisotopic (exact) mass is 417 g/mol. The van der Waals surface area contributed by atoms with Crippen molar-refractivity contribution in [2.75, 3.05) is 0 Å². The number of hydrazone groups is 1. The van der Waals surface area contributed by atoms with E-state index in [0.29, 0.717) is 22.2 Å². The largest absolute Gasteiger partial charge is 0.291 e. The number of non-ortho nitro benzene ring substituents is 1. The average Bonchev–Trinajstić information content (AvgIpc) is 3.12. The fourth-order valence-electron chi connectivity index (χ4n) is 2.30. The second-order valence-corrected chi connectivity index (χ2v) is 6.53. The molecule has 3 aromatic rings. The standard InChI is InChI=1S/C18H13Cl2N5O3/c19-14-4-3-13(16(20)9-14)10-21-22-18(26)17-7-8-24(23-17)11-12-1-5-15(6-2-12)25(27)28/h1-10H,11H2,(H,22,26)/b21-10-. The molecule has 0 radical (unpaired) electrons. The van der Waals surface area contributed by atoms with Crippen molar-refractivity contribution in [3.05, 3.63) is 91.7 Å². The van der Waals surface area contributed by atoms with Crippen LogP contribution in [0.25, 0.3) is 0 Å². The van der Waals surface area contributed by atoms with E-state index in [0.717, 1.165) is 5.56 Å². The maximum Gasteiger partial charge on any atom is 0.291 e. The van der Waals surface area contributed by atoms with E-state index in [1.165, 1.54) is 18.3 Å². The average molecular weight is 418 g/mol. The Morgan fingerprint density at radius 2 is 1.96 bits per heavy atom. The maximum atomic E-state index is 12.1. The van der Waals surface area contributed by atoms with Crippen LogP contribution in [0.15, 0.2) is 59.8 Å². The van der Waals surface area contributed by atoms with E-state index in [1.807, 2.05) is 0 Å². The first-order chi connectivity index (χ1) is 13.4. The van der Waals surface area contributed by atoms with Crippen LogP contribution in [0, 0.1) is 10.1 Å². The molecule has 3 rings (SSSR count). The van der Waals surface area contributed by atoms with E-state index in [-0.39, 0.29) is 11.4 Å². The summed E-state index contributed by atoms with van der Waals surface area (Å²) in [7, 11) is 0.